The van der Waals surface area contributed by atoms with Gasteiger partial charge in [-0.2, -0.15) is 5.26 Å². The van der Waals surface area contributed by atoms with E-state index in [9.17, 15) is 0 Å². The van der Waals surface area contributed by atoms with Gasteiger partial charge < -0.3 is 4.98 Å². The Morgan fingerprint density at radius 3 is 2.20 bits per heavy atom. The quantitative estimate of drug-likeness (QED) is 0.585. The summed E-state index contributed by atoms with van der Waals surface area (Å²) in [6.45, 7) is 0. The minimum Gasteiger partial charge on any atom is -0.328 e. The van der Waals surface area contributed by atoms with Gasteiger partial charge in [0.2, 0.25) is 5.82 Å². The van der Waals surface area contributed by atoms with Crippen LogP contribution in [0.1, 0.15) is 5.82 Å². The Morgan fingerprint density at radius 1 is 1.00 bits per heavy atom. The lowest BCUT2D eigenvalue weighted by atomic mass is 10.3. The van der Waals surface area contributed by atoms with Crippen molar-refractivity contribution in [2.75, 3.05) is 0 Å². The Morgan fingerprint density at radius 2 is 1.60 bits per heavy atom. The molecule has 2 rings (SSSR count). The van der Waals surface area contributed by atoms with E-state index in [1.54, 1.807) is 0 Å². The summed E-state index contributed by atoms with van der Waals surface area (Å²) in [5, 5.41) is 9.32. The van der Waals surface area contributed by atoms with Gasteiger partial charge in [-0.1, -0.05) is 46.4 Å². The molecule has 1 aromatic carbocycles. The Balaban J connectivity index is 2.98. The topological polar surface area (TPSA) is 52.5 Å². The summed E-state index contributed by atoms with van der Waals surface area (Å²) >= 11 is 23.5. The summed E-state index contributed by atoms with van der Waals surface area (Å²) < 4.78 is 0. The normalized spacial score (nSPS) is 10.6. The van der Waals surface area contributed by atoms with Gasteiger partial charge in [0.05, 0.1) is 25.6 Å². The second kappa shape index (κ2) is 3.73. The lowest BCUT2D eigenvalue weighted by Crippen LogP contribution is -1.79. The average molecular weight is 281 g/mol. The van der Waals surface area contributed by atoms with Gasteiger partial charge in [-0.3, -0.25) is 0 Å². The first-order chi connectivity index (χ1) is 7.06. The number of nitriles is 1. The SMILES string of the molecule is N#Cc1nc2c(Cl)c(Cl)c(Cl)c(Cl)c2[nH]1. The van der Waals surface area contributed by atoms with Gasteiger partial charge in [0.15, 0.2) is 0 Å². The summed E-state index contributed by atoms with van der Waals surface area (Å²) in [7, 11) is 0. The summed E-state index contributed by atoms with van der Waals surface area (Å²) in [6.07, 6.45) is 0. The van der Waals surface area contributed by atoms with Crippen LogP contribution >= 0.6 is 46.4 Å². The molecule has 0 fully saturated rings. The lowest BCUT2D eigenvalue weighted by molar-refractivity contribution is 1.25. The van der Waals surface area contributed by atoms with Gasteiger partial charge in [0, 0.05) is 0 Å². The first kappa shape index (κ1) is 10.8. The zero-order valence-corrected chi connectivity index (χ0v) is 9.93. The number of imidazole rings is 1. The first-order valence-electron chi connectivity index (χ1n) is 3.68. The van der Waals surface area contributed by atoms with Crippen LogP contribution in [0.15, 0.2) is 0 Å². The summed E-state index contributed by atoms with van der Waals surface area (Å²) in [6, 6.07) is 1.84. The van der Waals surface area contributed by atoms with Crippen LogP contribution < -0.4 is 0 Å². The van der Waals surface area contributed by atoms with Crippen LogP contribution in [0.5, 0.6) is 0 Å². The van der Waals surface area contributed by atoms with E-state index < -0.39 is 0 Å². The molecule has 0 amide bonds. The third kappa shape index (κ3) is 1.54. The van der Waals surface area contributed by atoms with Crippen LogP contribution in [0.3, 0.4) is 0 Å². The van der Waals surface area contributed by atoms with Gasteiger partial charge in [-0.15, -0.1) is 0 Å². The highest BCUT2D eigenvalue weighted by Gasteiger charge is 2.18. The van der Waals surface area contributed by atoms with E-state index in [4.69, 9.17) is 51.7 Å². The highest BCUT2D eigenvalue weighted by atomic mass is 35.5. The first-order valence-corrected chi connectivity index (χ1v) is 5.19. The number of aromatic amines is 1. The van der Waals surface area contributed by atoms with E-state index in [0.717, 1.165) is 0 Å². The van der Waals surface area contributed by atoms with Crippen molar-refractivity contribution < 1.29 is 0 Å². The van der Waals surface area contributed by atoms with Crippen molar-refractivity contribution in [2.24, 2.45) is 0 Å². The Hall–Kier alpha value is -0.660. The molecule has 0 saturated heterocycles. The number of fused-ring (bicyclic) bond motifs is 1. The van der Waals surface area contributed by atoms with Crippen LogP contribution in [-0.2, 0) is 0 Å². The maximum absolute atomic E-state index is 8.66. The van der Waals surface area contributed by atoms with Crippen molar-refractivity contribution in [3.8, 4) is 6.07 Å². The zero-order chi connectivity index (χ0) is 11.2. The molecule has 3 nitrogen and oxygen atoms in total. The Bertz CT molecular complexity index is 551. The van der Waals surface area contributed by atoms with Gasteiger partial charge in [0.1, 0.15) is 11.6 Å². The fourth-order valence-electron chi connectivity index (χ4n) is 1.15. The predicted molar refractivity (Wildman–Crippen MR) is 60.8 cm³/mol. The van der Waals surface area contributed by atoms with E-state index in [1.807, 2.05) is 6.07 Å². The van der Waals surface area contributed by atoms with Crippen molar-refractivity contribution in [3.63, 3.8) is 0 Å². The molecule has 0 spiro atoms. The molecule has 0 aliphatic rings. The number of hydrogen-bond acceptors (Lipinski definition) is 2. The average Bonchev–Trinajstić information content (AvgIpc) is 2.67. The smallest absolute Gasteiger partial charge is 0.211 e. The van der Waals surface area contributed by atoms with Crippen LogP contribution in [0, 0.1) is 11.3 Å². The van der Waals surface area contributed by atoms with Gasteiger partial charge >= 0.3 is 0 Å². The molecule has 2 aromatic rings. The molecule has 0 bridgehead atoms. The molecular weight excluding hydrogens is 280 g/mol. The van der Waals surface area contributed by atoms with Crippen LogP contribution in [0.25, 0.3) is 11.0 Å². The Labute approximate surface area is 105 Å². The fraction of sp³-hybridized carbons (Fsp3) is 0. The third-order valence-corrected chi connectivity index (χ3v) is 3.61. The monoisotopic (exact) mass is 279 g/mol. The molecule has 15 heavy (non-hydrogen) atoms. The maximum atomic E-state index is 8.66. The molecule has 0 atom stereocenters. The molecule has 0 aliphatic carbocycles. The number of rotatable bonds is 0. The summed E-state index contributed by atoms with van der Waals surface area (Å²) in [5.74, 6) is 0.104. The standard InChI is InChI=1S/C8HCl4N3/c9-3-4(10)6(12)8-7(5(3)11)14-2(1-13)15-8/h(H,14,15). The Kier molecular flexibility index (Phi) is 2.70. The van der Waals surface area contributed by atoms with Crippen molar-refractivity contribution in [1.82, 2.24) is 9.97 Å². The molecule has 7 heteroatoms. The fourth-order valence-corrected chi connectivity index (χ4v) is 2.08. The van der Waals surface area contributed by atoms with Gasteiger partial charge in [-0.25, -0.2) is 4.98 Å². The number of aromatic nitrogens is 2. The number of halogens is 4. The predicted octanol–water partition coefficient (Wildman–Crippen LogP) is 4.05. The molecule has 0 unspecified atom stereocenters. The van der Waals surface area contributed by atoms with E-state index in [0.29, 0.717) is 11.0 Å². The van der Waals surface area contributed by atoms with Crippen LogP contribution in [-0.4, -0.2) is 9.97 Å². The number of H-pyrrole nitrogens is 1. The van der Waals surface area contributed by atoms with Crippen molar-refractivity contribution >= 4 is 57.4 Å². The van der Waals surface area contributed by atoms with E-state index in [1.165, 1.54) is 0 Å². The summed E-state index contributed by atoms with van der Waals surface area (Å²) in [4.78, 5) is 6.61. The second-order valence-corrected chi connectivity index (χ2v) is 4.19. The minimum atomic E-state index is 0.104. The van der Waals surface area contributed by atoms with Crippen LogP contribution in [0.2, 0.25) is 20.1 Å². The van der Waals surface area contributed by atoms with Crippen LogP contribution in [0.4, 0.5) is 0 Å². The minimum absolute atomic E-state index is 0.104. The molecule has 0 saturated carbocycles. The summed E-state index contributed by atoms with van der Waals surface area (Å²) in [5.41, 5.74) is 0.750. The van der Waals surface area contributed by atoms with Crippen molar-refractivity contribution in [2.45, 2.75) is 0 Å². The molecule has 1 N–H and O–H groups in total. The maximum Gasteiger partial charge on any atom is 0.211 e. The third-order valence-electron chi connectivity index (χ3n) is 1.82. The highest BCUT2D eigenvalue weighted by Crippen LogP contribution is 2.41. The van der Waals surface area contributed by atoms with Crippen molar-refractivity contribution in [1.29, 1.82) is 5.26 Å². The molecule has 76 valence electrons. The highest BCUT2D eigenvalue weighted by molar-refractivity contribution is 6.54. The largest absolute Gasteiger partial charge is 0.328 e. The number of nitrogens with zero attached hydrogens (tertiary/aromatic N) is 2. The molecular formula is C8HCl4N3. The van der Waals surface area contributed by atoms with E-state index in [-0.39, 0.29) is 25.9 Å². The van der Waals surface area contributed by atoms with Gasteiger partial charge in [0.25, 0.3) is 0 Å². The number of nitrogens with one attached hydrogen (secondary N) is 1. The zero-order valence-electron chi connectivity index (χ0n) is 6.91. The number of hydrogen-bond donors (Lipinski definition) is 1. The second-order valence-electron chi connectivity index (χ2n) is 2.68. The van der Waals surface area contributed by atoms with Gasteiger partial charge in [-0.05, 0) is 0 Å². The molecule has 1 aromatic heterocycles. The molecule has 0 aliphatic heterocycles. The van der Waals surface area contributed by atoms with E-state index >= 15 is 0 Å². The lowest BCUT2D eigenvalue weighted by Gasteiger charge is -2.02. The van der Waals surface area contributed by atoms with Crippen molar-refractivity contribution in [3.05, 3.63) is 25.9 Å². The number of benzene rings is 1. The van der Waals surface area contributed by atoms with E-state index in [2.05, 4.69) is 9.97 Å². The molecule has 0 radical (unpaired) electrons. The molecule has 1 heterocycles.